The summed E-state index contributed by atoms with van der Waals surface area (Å²) in [6, 6.07) is 10.2. The first-order valence-corrected chi connectivity index (χ1v) is 6.14. The fraction of sp³-hybridized carbons (Fsp3) is 0.286. The fourth-order valence-electron chi connectivity index (χ4n) is 1.79. The van der Waals surface area contributed by atoms with Gasteiger partial charge in [0.2, 0.25) is 0 Å². The molecule has 0 fully saturated rings. The summed E-state index contributed by atoms with van der Waals surface area (Å²) in [4.78, 5) is 16.0. The van der Waals surface area contributed by atoms with Gasteiger partial charge >= 0.3 is 0 Å². The maximum Gasteiger partial charge on any atom is 0.293 e. The van der Waals surface area contributed by atoms with E-state index in [0.717, 1.165) is 6.42 Å². The van der Waals surface area contributed by atoms with Crippen LogP contribution in [-0.2, 0) is 13.0 Å². The number of nitrogens with zero attached hydrogens (tertiary/aromatic N) is 2. The molecule has 1 aromatic carbocycles. The number of hydrogen-bond acceptors (Lipinski definition) is 3. The SMILES string of the molecule is CCn1ccnc(NCCc2ccccc2)c1=O. The third kappa shape index (κ3) is 2.97. The Labute approximate surface area is 106 Å². The van der Waals surface area contributed by atoms with Gasteiger partial charge < -0.3 is 9.88 Å². The number of benzene rings is 1. The highest BCUT2D eigenvalue weighted by atomic mass is 16.1. The quantitative estimate of drug-likeness (QED) is 0.872. The first kappa shape index (κ1) is 12.4. The molecule has 1 aromatic heterocycles. The van der Waals surface area contributed by atoms with Crippen molar-refractivity contribution in [2.24, 2.45) is 0 Å². The van der Waals surface area contributed by atoms with E-state index >= 15 is 0 Å². The van der Waals surface area contributed by atoms with Crippen LogP contribution in [0.15, 0.2) is 47.5 Å². The molecule has 1 heterocycles. The van der Waals surface area contributed by atoms with Crippen molar-refractivity contribution >= 4 is 5.82 Å². The summed E-state index contributed by atoms with van der Waals surface area (Å²) in [6.07, 6.45) is 4.23. The lowest BCUT2D eigenvalue weighted by atomic mass is 10.1. The topological polar surface area (TPSA) is 46.9 Å². The minimum Gasteiger partial charge on any atom is -0.365 e. The largest absolute Gasteiger partial charge is 0.365 e. The molecule has 0 spiro atoms. The van der Waals surface area contributed by atoms with Crippen LogP contribution in [0, 0.1) is 0 Å². The van der Waals surface area contributed by atoms with Crippen LogP contribution in [0.4, 0.5) is 5.82 Å². The zero-order valence-electron chi connectivity index (χ0n) is 10.5. The molecule has 0 aliphatic rings. The Morgan fingerprint density at radius 3 is 2.78 bits per heavy atom. The molecule has 0 unspecified atom stereocenters. The lowest BCUT2D eigenvalue weighted by molar-refractivity contribution is 0.718. The predicted molar refractivity (Wildman–Crippen MR) is 72.8 cm³/mol. The Balaban J connectivity index is 1.97. The van der Waals surface area contributed by atoms with Crippen molar-refractivity contribution in [1.29, 1.82) is 0 Å². The average Bonchev–Trinajstić information content (AvgIpc) is 2.42. The zero-order valence-corrected chi connectivity index (χ0v) is 10.5. The molecule has 2 aromatic rings. The minimum absolute atomic E-state index is 0.0620. The first-order chi connectivity index (χ1) is 8.81. The van der Waals surface area contributed by atoms with Gasteiger partial charge in [-0.05, 0) is 18.9 Å². The van der Waals surface area contributed by atoms with E-state index in [-0.39, 0.29) is 5.56 Å². The molecule has 4 nitrogen and oxygen atoms in total. The van der Waals surface area contributed by atoms with Gasteiger partial charge in [0.1, 0.15) is 0 Å². The second kappa shape index (κ2) is 6.00. The van der Waals surface area contributed by atoms with Crippen LogP contribution in [0.2, 0.25) is 0 Å². The molecular weight excluding hydrogens is 226 g/mol. The van der Waals surface area contributed by atoms with Crippen LogP contribution in [0.1, 0.15) is 12.5 Å². The number of aryl methyl sites for hydroxylation is 1. The van der Waals surface area contributed by atoms with E-state index in [1.54, 1.807) is 17.0 Å². The van der Waals surface area contributed by atoms with Gasteiger partial charge in [-0.1, -0.05) is 30.3 Å². The Morgan fingerprint density at radius 1 is 1.28 bits per heavy atom. The molecule has 0 saturated heterocycles. The van der Waals surface area contributed by atoms with Gasteiger partial charge in [-0.25, -0.2) is 4.98 Å². The van der Waals surface area contributed by atoms with Crippen molar-refractivity contribution in [3.05, 3.63) is 58.6 Å². The van der Waals surface area contributed by atoms with Gasteiger partial charge in [0.25, 0.3) is 5.56 Å². The van der Waals surface area contributed by atoms with Crippen LogP contribution in [0.3, 0.4) is 0 Å². The average molecular weight is 243 g/mol. The van der Waals surface area contributed by atoms with E-state index in [1.807, 2.05) is 25.1 Å². The summed E-state index contributed by atoms with van der Waals surface area (Å²) in [7, 11) is 0. The lowest BCUT2D eigenvalue weighted by Gasteiger charge is -2.07. The third-order valence-corrected chi connectivity index (χ3v) is 2.80. The molecule has 0 aliphatic carbocycles. The summed E-state index contributed by atoms with van der Waals surface area (Å²) in [5.41, 5.74) is 1.19. The molecule has 0 amide bonds. The molecule has 0 radical (unpaired) electrons. The Hall–Kier alpha value is -2.10. The molecule has 1 N–H and O–H groups in total. The number of nitrogens with one attached hydrogen (secondary N) is 1. The van der Waals surface area contributed by atoms with Crippen LogP contribution in [-0.4, -0.2) is 16.1 Å². The molecule has 0 bridgehead atoms. The summed E-state index contributed by atoms with van der Waals surface area (Å²) in [5.74, 6) is 0.426. The maximum absolute atomic E-state index is 11.9. The normalized spacial score (nSPS) is 10.3. The monoisotopic (exact) mass is 243 g/mol. The van der Waals surface area contributed by atoms with Crippen LogP contribution < -0.4 is 10.9 Å². The molecule has 0 aliphatic heterocycles. The van der Waals surface area contributed by atoms with E-state index in [2.05, 4.69) is 22.4 Å². The second-order valence-corrected chi connectivity index (χ2v) is 4.03. The third-order valence-electron chi connectivity index (χ3n) is 2.80. The molecule has 0 atom stereocenters. The van der Waals surface area contributed by atoms with Crippen molar-refractivity contribution < 1.29 is 0 Å². The second-order valence-electron chi connectivity index (χ2n) is 4.03. The van der Waals surface area contributed by atoms with E-state index in [9.17, 15) is 4.79 Å². The smallest absolute Gasteiger partial charge is 0.293 e. The number of aromatic nitrogens is 2. The Morgan fingerprint density at radius 2 is 2.06 bits per heavy atom. The van der Waals surface area contributed by atoms with Gasteiger partial charge in [0.05, 0.1) is 0 Å². The fourth-order valence-corrected chi connectivity index (χ4v) is 1.79. The number of anilines is 1. The molecule has 18 heavy (non-hydrogen) atoms. The highest BCUT2D eigenvalue weighted by Crippen LogP contribution is 2.00. The standard InChI is InChI=1S/C14H17N3O/c1-2-17-11-10-16-13(14(17)18)15-9-8-12-6-4-3-5-7-12/h3-7,10-11H,2,8-9H2,1H3,(H,15,16). The van der Waals surface area contributed by atoms with Crippen molar-refractivity contribution in [2.75, 3.05) is 11.9 Å². The van der Waals surface area contributed by atoms with Crippen LogP contribution in [0.25, 0.3) is 0 Å². The lowest BCUT2D eigenvalue weighted by Crippen LogP contribution is -2.24. The van der Waals surface area contributed by atoms with E-state index in [4.69, 9.17) is 0 Å². The van der Waals surface area contributed by atoms with Crippen molar-refractivity contribution in [2.45, 2.75) is 19.9 Å². The predicted octanol–water partition coefficient (Wildman–Crippen LogP) is 1.92. The van der Waals surface area contributed by atoms with Crippen molar-refractivity contribution in [3.63, 3.8) is 0 Å². The highest BCUT2D eigenvalue weighted by molar-refractivity contribution is 5.31. The Kier molecular flexibility index (Phi) is 4.12. The summed E-state index contributed by atoms with van der Waals surface area (Å²) in [6.45, 7) is 3.31. The van der Waals surface area contributed by atoms with E-state index in [0.29, 0.717) is 18.9 Å². The summed E-state index contributed by atoms with van der Waals surface area (Å²) < 4.78 is 1.64. The molecule has 0 saturated carbocycles. The first-order valence-electron chi connectivity index (χ1n) is 6.14. The summed E-state index contributed by atoms with van der Waals surface area (Å²) >= 11 is 0. The van der Waals surface area contributed by atoms with E-state index < -0.39 is 0 Å². The van der Waals surface area contributed by atoms with Gasteiger partial charge in [-0.2, -0.15) is 0 Å². The zero-order chi connectivity index (χ0) is 12.8. The van der Waals surface area contributed by atoms with Crippen LogP contribution in [0.5, 0.6) is 0 Å². The van der Waals surface area contributed by atoms with Gasteiger partial charge in [0.15, 0.2) is 5.82 Å². The molecule has 4 heteroatoms. The molecule has 94 valence electrons. The minimum atomic E-state index is -0.0620. The molecule has 2 rings (SSSR count). The molecular formula is C14H17N3O. The van der Waals surface area contributed by atoms with Crippen molar-refractivity contribution in [3.8, 4) is 0 Å². The van der Waals surface area contributed by atoms with Gasteiger partial charge in [0, 0.05) is 25.5 Å². The maximum atomic E-state index is 11.9. The van der Waals surface area contributed by atoms with Crippen molar-refractivity contribution in [1.82, 2.24) is 9.55 Å². The van der Waals surface area contributed by atoms with Gasteiger partial charge in [-0.15, -0.1) is 0 Å². The number of rotatable bonds is 5. The van der Waals surface area contributed by atoms with E-state index in [1.165, 1.54) is 5.56 Å². The summed E-state index contributed by atoms with van der Waals surface area (Å²) in [5, 5.41) is 3.09. The van der Waals surface area contributed by atoms with Gasteiger partial charge in [-0.3, -0.25) is 4.79 Å². The van der Waals surface area contributed by atoms with Crippen LogP contribution >= 0.6 is 0 Å². The number of hydrogen-bond donors (Lipinski definition) is 1. The highest BCUT2D eigenvalue weighted by Gasteiger charge is 2.02. The Bertz CT molecular complexity index is 548.